The van der Waals surface area contributed by atoms with E-state index in [4.69, 9.17) is 0 Å². The van der Waals surface area contributed by atoms with Gasteiger partial charge in [-0.2, -0.15) is 0 Å². The molecule has 1 unspecified atom stereocenters. The fourth-order valence-corrected chi connectivity index (χ4v) is 2.30. The molecular formula is C15H20N2O2. The van der Waals surface area contributed by atoms with Crippen molar-refractivity contribution in [1.82, 2.24) is 10.2 Å². The van der Waals surface area contributed by atoms with Gasteiger partial charge in [0.05, 0.1) is 6.54 Å². The summed E-state index contributed by atoms with van der Waals surface area (Å²) in [5.41, 5.74) is 2.25. The molecule has 1 aliphatic heterocycles. The van der Waals surface area contributed by atoms with Crippen molar-refractivity contribution in [1.29, 1.82) is 0 Å². The first-order chi connectivity index (χ1) is 9.06. The number of benzene rings is 1. The van der Waals surface area contributed by atoms with Gasteiger partial charge in [-0.25, -0.2) is 0 Å². The van der Waals surface area contributed by atoms with Crippen molar-refractivity contribution >= 4 is 11.8 Å². The standard InChI is InChI=1S/C15H20N2O2/c1-11-4-3-5-13(8-11)9-16-14(18)10-17-7-6-12(2)15(17)19/h3-5,8,12H,6-7,9-10H2,1-2H3,(H,16,18). The SMILES string of the molecule is Cc1cccc(CNC(=O)CN2CCC(C)C2=O)c1. The van der Waals surface area contributed by atoms with Crippen LogP contribution in [0.3, 0.4) is 0 Å². The zero-order chi connectivity index (χ0) is 13.8. The topological polar surface area (TPSA) is 49.4 Å². The maximum absolute atomic E-state index is 11.8. The van der Waals surface area contributed by atoms with Gasteiger partial charge >= 0.3 is 0 Å². The summed E-state index contributed by atoms with van der Waals surface area (Å²) < 4.78 is 0. The average Bonchev–Trinajstić information content (AvgIpc) is 2.69. The number of carbonyl (C=O) groups excluding carboxylic acids is 2. The highest BCUT2D eigenvalue weighted by atomic mass is 16.2. The molecule has 1 heterocycles. The van der Waals surface area contributed by atoms with Gasteiger partial charge in [0.25, 0.3) is 0 Å². The van der Waals surface area contributed by atoms with Crippen LogP contribution in [0.5, 0.6) is 0 Å². The molecule has 0 radical (unpaired) electrons. The highest BCUT2D eigenvalue weighted by molar-refractivity contribution is 5.86. The zero-order valence-electron chi connectivity index (χ0n) is 11.5. The van der Waals surface area contributed by atoms with Crippen LogP contribution in [-0.2, 0) is 16.1 Å². The van der Waals surface area contributed by atoms with E-state index in [2.05, 4.69) is 5.32 Å². The molecule has 1 fully saturated rings. The van der Waals surface area contributed by atoms with Gasteiger partial charge in [-0.3, -0.25) is 9.59 Å². The van der Waals surface area contributed by atoms with Gasteiger partial charge in [-0.1, -0.05) is 36.8 Å². The second kappa shape index (κ2) is 5.87. The maximum atomic E-state index is 11.8. The van der Waals surface area contributed by atoms with Crippen molar-refractivity contribution in [2.45, 2.75) is 26.8 Å². The van der Waals surface area contributed by atoms with Crippen LogP contribution in [0.1, 0.15) is 24.5 Å². The Labute approximate surface area is 113 Å². The summed E-state index contributed by atoms with van der Waals surface area (Å²) in [6, 6.07) is 8.03. The number of rotatable bonds is 4. The summed E-state index contributed by atoms with van der Waals surface area (Å²) in [6.45, 7) is 5.31. The van der Waals surface area contributed by atoms with Crippen molar-refractivity contribution in [3.05, 3.63) is 35.4 Å². The number of amides is 2. The Balaban J connectivity index is 1.80. The maximum Gasteiger partial charge on any atom is 0.239 e. The van der Waals surface area contributed by atoms with E-state index in [1.807, 2.05) is 38.1 Å². The molecule has 0 saturated carbocycles. The van der Waals surface area contributed by atoms with Crippen molar-refractivity contribution in [3.63, 3.8) is 0 Å². The van der Waals surface area contributed by atoms with Crippen LogP contribution in [-0.4, -0.2) is 29.8 Å². The molecule has 2 amide bonds. The average molecular weight is 260 g/mol. The number of hydrogen-bond donors (Lipinski definition) is 1. The Kier molecular flexibility index (Phi) is 4.20. The first-order valence-electron chi connectivity index (χ1n) is 6.67. The first kappa shape index (κ1) is 13.6. The van der Waals surface area contributed by atoms with Crippen LogP contribution in [0, 0.1) is 12.8 Å². The Hall–Kier alpha value is -1.84. The van der Waals surface area contributed by atoms with Gasteiger partial charge in [0.2, 0.25) is 11.8 Å². The monoisotopic (exact) mass is 260 g/mol. The Morgan fingerprint density at radius 2 is 2.26 bits per heavy atom. The molecule has 1 atom stereocenters. The summed E-state index contributed by atoms with van der Waals surface area (Å²) in [5.74, 6) is 0.0548. The van der Waals surface area contributed by atoms with Gasteiger partial charge in [0.1, 0.15) is 0 Å². The van der Waals surface area contributed by atoms with Crippen LogP contribution in [0.4, 0.5) is 0 Å². The molecule has 2 rings (SSSR count). The number of aryl methyl sites for hydroxylation is 1. The van der Waals surface area contributed by atoms with E-state index in [0.29, 0.717) is 13.1 Å². The molecule has 1 aromatic rings. The summed E-state index contributed by atoms with van der Waals surface area (Å²) in [7, 11) is 0. The third-order valence-electron chi connectivity index (χ3n) is 3.47. The molecule has 1 N–H and O–H groups in total. The molecule has 4 heteroatoms. The molecule has 19 heavy (non-hydrogen) atoms. The van der Waals surface area contributed by atoms with E-state index < -0.39 is 0 Å². The van der Waals surface area contributed by atoms with Gasteiger partial charge < -0.3 is 10.2 Å². The molecule has 0 aromatic heterocycles. The molecule has 1 aromatic carbocycles. The fourth-order valence-electron chi connectivity index (χ4n) is 2.30. The van der Waals surface area contributed by atoms with Crippen LogP contribution < -0.4 is 5.32 Å². The highest BCUT2D eigenvalue weighted by Crippen LogP contribution is 2.16. The predicted octanol–water partition coefficient (Wildman–Crippen LogP) is 1.48. The minimum absolute atomic E-state index is 0.0598. The molecule has 1 saturated heterocycles. The molecule has 102 valence electrons. The lowest BCUT2D eigenvalue weighted by Gasteiger charge is -2.15. The Morgan fingerprint density at radius 3 is 2.89 bits per heavy atom. The quantitative estimate of drug-likeness (QED) is 0.891. The normalized spacial score (nSPS) is 18.7. The van der Waals surface area contributed by atoms with E-state index >= 15 is 0 Å². The van der Waals surface area contributed by atoms with Crippen molar-refractivity contribution in [2.24, 2.45) is 5.92 Å². The van der Waals surface area contributed by atoms with Gasteiger partial charge in [-0.05, 0) is 18.9 Å². The summed E-state index contributed by atoms with van der Waals surface area (Å²) in [4.78, 5) is 25.1. The van der Waals surface area contributed by atoms with E-state index in [9.17, 15) is 9.59 Å². The summed E-state index contributed by atoms with van der Waals surface area (Å²) in [5, 5.41) is 2.86. The second-order valence-electron chi connectivity index (χ2n) is 5.22. The molecule has 0 aliphatic carbocycles. The number of nitrogens with zero attached hydrogens (tertiary/aromatic N) is 1. The van der Waals surface area contributed by atoms with Gasteiger partial charge in [-0.15, -0.1) is 0 Å². The third-order valence-corrected chi connectivity index (χ3v) is 3.47. The minimum atomic E-state index is -0.0936. The molecule has 4 nitrogen and oxygen atoms in total. The summed E-state index contributed by atoms with van der Waals surface area (Å²) >= 11 is 0. The lowest BCUT2D eigenvalue weighted by molar-refractivity contribution is -0.135. The van der Waals surface area contributed by atoms with Gasteiger partial charge in [0, 0.05) is 19.0 Å². The number of likely N-dealkylation sites (tertiary alicyclic amines) is 1. The Bertz CT molecular complexity index is 485. The fraction of sp³-hybridized carbons (Fsp3) is 0.467. The lowest BCUT2D eigenvalue weighted by atomic mass is 10.1. The lowest BCUT2D eigenvalue weighted by Crippen LogP contribution is -2.38. The Morgan fingerprint density at radius 1 is 1.47 bits per heavy atom. The largest absolute Gasteiger partial charge is 0.350 e. The van der Waals surface area contributed by atoms with Crippen molar-refractivity contribution < 1.29 is 9.59 Å². The smallest absolute Gasteiger partial charge is 0.239 e. The number of nitrogens with one attached hydrogen (secondary N) is 1. The first-order valence-corrected chi connectivity index (χ1v) is 6.67. The van der Waals surface area contributed by atoms with E-state index in [1.165, 1.54) is 5.56 Å². The number of carbonyl (C=O) groups is 2. The van der Waals surface area contributed by atoms with Crippen LogP contribution in [0.2, 0.25) is 0 Å². The predicted molar refractivity (Wildman–Crippen MR) is 73.4 cm³/mol. The molecule has 0 spiro atoms. The second-order valence-corrected chi connectivity index (χ2v) is 5.22. The third kappa shape index (κ3) is 3.56. The zero-order valence-corrected chi connectivity index (χ0v) is 11.5. The van der Waals surface area contributed by atoms with Crippen LogP contribution >= 0.6 is 0 Å². The van der Waals surface area contributed by atoms with Crippen LogP contribution in [0.15, 0.2) is 24.3 Å². The molecule has 0 bridgehead atoms. The molecular weight excluding hydrogens is 240 g/mol. The van der Waals surface area contributed by atoms with Crippen molar-refractivity contribution in [3.8, 4) is 0 Å². The van der Waals surface area contributed by atoms with E-state index in [1.54, 1.807) is 4.90 Å². The van der Waals surface area contributed by atoms with Crippen molar-refractivity contribution in [2.75, 3.05) is 13.1 Å². The van der Waals surface area contributed by atoms with E-state index in [-0.39, 0.29) is 24.3 Å². The number of hydrogen-bond acceptors (Lipinski definition) is 2. The highest BCUT2D eigenvalue weighted by Gasteiger charge is 2.28. The molecule has 1 aliphatic rings. The van der Waals surface area contributed by atoms with E-state index in [0.717, 1.165) is 12.0 Å². The van der Waals surface area contributed by atoms with Crippen LogP contribution in [0.25, 0.3) is 0 Å². The minimum Gasteiger partial charge on any atom is -0.350 e. The van der Waals surface area contributed by atoms with Gasteiger partial charge in [0.15, 0.2) is 0 Å². The summed E-state index contributed by atoms with van der Waals surface area (Å²) in [6.07, 6.45) is 0.851.